The van der Waals surface area contributed by atoms with Crippen LogP contribution in [0.15, 0.2) is 29.1 Å². The van der Waals surface area contributed by atoms with Crippen LogP contribution in [-0.4, -0.2) is 49.5 Å². The monoisotopic (exact) mass is 476 g/mol. The van der Waals surface area contributed by atoms with Crippen LogP contribution < -0.4 is 4.90 Å². The van der Waals surface area contributed by atoms with E-state index in [1.165, 1.54) is 38.5 Å². The van der Waals surface area contributed by atoms with Crippen LogP contribution in [-0.2, 0) is 24.3 Å². The van der Waals surface area contributed by atoms with Gasteiger partial charge < -0.3 is 18.8 Å². The fraction of sp³-hybridized carbons (Fsp3) is 0.630. The Morgan fingerprint density at radius 2 is 1.91 bits per heavy atom. The number of carbonyl (C=O) groups is 1. The van der Waals surface area contributed by atoms with Crippen molar-refractivity contribution < 1.29 is 9.21 Å². The van der Waals surface area contributed by atoms with Gasteiger partial charge in [0.1, 0.15) is 17.9 Å². The van der Waals surface area contributed by atoms with Gasteiger partial charge in [-0.25, -0.2) is 15.0 Å². The number of piperidine rings is 1. The molecule has 1 saturated heterocycles. The molecule has 2 fully saturated rings. The number of imidazole rings is 1. The summed E-state index contributed by atoms with van der Waals surface area (Å²) in [7, 11) is 0. The molecule has 8 nitrogen and oxygen atoms in total. The Morgan fingerprint density at radius 1 is 1.03 bits per heavy atom. The third kappa shape index (κ3) is 4.55. The van der Waals surface area contributed by atoms with Gasteiger partial charge in [-0.3, -0.25) is 4.79 Å². The molecule has 1 amide bonds. The molecular weight excluding hydrogens is 440 g/mol. The summed E-state index contributed by atoms with van der Waals surface area (Å²) >= 11 is 0. The van der Waals surface area contributed by atoms with E-state index >= 15 is 0 Å². The summed E-state index contributed by atoms with van der Waals surface area (Å²) in [6.45, 7) is 3.14. The number of amides is 1. The summed E-state index contributed by atoms with van der Waals surface area (Å²) in [5.74, 6) is 3.12. The van der Waals surface area contributed by atoms with Crippen molar-refractivity contribution in [2.45, 2.75) is 89.8 Å². The highest BCUT2D eigenvalue weighted by molar-refractivity contribution is 5.85. The number of furan rings is 1. The zero-order valence-electron chi connectivity index (χ0n) is 20.6. The van der Waals surface area contributed by atoms with E-state index in [1.54, 1.807) is 12.6 Å². The molecule has 5 heterocycles. The van der Waals surface area contributed by atoms with E-state index in [0.29, 0.717) is 19.1 Å². The first-order valence-electron chi connectivity index (χ1n) is 13.6. The number of carbonyl (C=O) groups excluding carboxylic acids is 1. The van der Waals surface area contributed by atoms with E-state index in [4.69, 9.17) is 9.40 Å². The van der Waals surface area contributed by atoms with Gasteiger partial charge in [-0.1, -0.05) is 25.7 Å². The molecule has 35 heavy (non-hydrogen) atoms. The minimum atomic E-state index is -0.0360. The summed E-state index contributed by atoms with van der Waals surface area (Å²) in [6.07, 6.45) is 15.7. The maximum atomic E-state index is 14.0. The van der Waals surface area contributed by atoms with E-state index in [9.17, 15) is 4.79 Å². The smallest absolute Gasteiger partial charge is 0.228 e. The molecule has 2 aliphatic heterocycles. The van der Waals surface area contributed by atoms with E-state index in [2.05, 4.69) is 24.3 Å². The van der Waals surface area contributed by atoms with E-state index in [-0.39, 0.29) is 11.8 Å². The fourth-order valence-electron chi connectivity index (χ4n) is 6.31. The molecule has 0 bridgehead atoms. The summed E-state index contributed by atoms with van der Waals surface area (Å²) in [6, 6.07) is 4.20. The standard InChI is InChI=1S/C27H36N6O2/c34-27(33(18-22-12-8-16-35-22)21-10-3-1-4-11-21)20-9-7-14-31(17-20)25-24-26(29-19-28-25)32-15-6-2-5-13-23(32)30-24/h8,12,16,19-21H,1-7,9-11,13-15,17-18H2. The molecule has 0 N–H and O–H groups in total. The van der Waals surface area contributed by atoms with E-state index < -0.39 is 0 Å². The highest BCUT2D eigenvalue weighted by atomic mass is 16.3. The molecule has 6 rings (SSSR count). The number of aromatic nitrogens is 4. The van der Waals surface area contributed by atoms with Gasteiger partial charge in [-0.05, 0) is 50.7 Å². The van der Waals surface area contributed by atoms with Crippen molar-refractivity contribution in [1.29, 1.82) is 0 Å². The van der Waals surface area contributed by atoms with Crippen molar-refractivity contribution in [2.75, 3.05) is 18.0 Å². The average molecular weight is 477 g/mol. The van der Waals surface area contributed by atoms with E-state index in [1.807, 2.05) is 12.1 Å². The number of rotatable bonds is 5. The van der Waals surface area contributed by atoms with E-state index in [0.717, 1.165) is 73.8 Å². The van der Waals surface area contributed by atoms with Crippen LogP contribution in [0.2, 0.25) is 0 Å². The van der Waals surface area contributed by atoms with Gasteiger partial charge in [0.2, 0.25) is 5.91 Å². The molecule has 0 aromatic carbocycles. The van der Waals surface area contributed by atoms with Crippen molar-refractivity contribution in [1.82, 2.24) is 24.4 Å². The molecule has 3 aromatic heterocycles. The van der Waals surface area contributed by atoms with Crippen molar-refractivity contribution in [3.63, 3.8) is 0 Å². The maximum Gasteiger partial charge on any atom is 0.228 e. The molecule has 3 aromatic rings. The Bertz CT molecular complexity index is 1150. The number of anilines is 1. The maximum absolute atomic E-state index is 14.0. The highest BCUT2D eigenvalue weighted by Crippen LogP contribution is 2.32. The second-order valence-electron chi connectivity index (χ2n) is 10.5. The number of hydrogen-bond donors (Lipinski definition) is 0. The van der Waals surface area contributed by atoms with Crippen LogP contribution in [0.25, 0.3) is 11.2 Å². The van der Waals surface area contributed by atoms with Crippen LogP contribution >= 0.6 is 0 Å². The van der Waals surface area contributed by atoms with Crippen LogP contribution in [0.4, 0.5) is 5.82 Å². The predicted octanol–water partition coefficient (Wildman–Crippen LogP) is 4.72. The van der Waals surface area contributed by atoms with Gasteiger partial charge in [0, 0.05) is 32.1 Å². The summed E-state index contributed by atoms with van der Waals surface area (Å²) in [4.78, 5) is 32.7. The summed E-state index contributed by atoms with van der Waals surface area (Å²) in [5, 5.41) is 0. The lowest BCUT2D eigenvalue weighted by Crippen LogP contribution is -2.48. The number of hydrogen-bond acceptors (Lipinski definition) is 6. The van der Waals surface area contributed by atoms with Crippen molar-refractivity contribution in [3.05, 3.63) is 36.3 Å². The van der Waals surface area contributed by atoms with Crippen molar-refractivity contribution >= 4 is 22.9 Å². The van der Waals surface area contributed by atoms with Gasteiger partial charge in [-0.15, -0.1) is 0 Å². The Labute approximate surface area is 206 Å². The molecule has 0 radical (unpaired) electrons. The molecule has 0 spiro atoms. The first kappa shape index (κ1) is 22.6. The highest BCUT2D eigenvalue weighted by Gasteiger charge is 2.35. The Kier molecular flexibility index (Phi) is 6.44. The molecule has 1 saturated carbocycles. The van der Waals surface area contributed by atoms with Crippen LogP contribution in [0.5, 0.6) is 0 Å². The SMILES string of the molecule is O=C(C1CCCN(c2ncnc3c2nc2n3CCCCC2)C1)N(Cc1ccco1)C1CCCCC1. The number of fused-ring (bicyclic) bond motifs is 3. The van der Waals surface area contributed by atoms with Crippen LogP contribution in [0.3, 0.4) is 0 Å². The second-order valence-corrected chi connectivity index (χ2v) is 10.5. The van der Waals surface area contributed by atoms with Crippen LogP contribution in [0.1, 0.15) is 75.8 Å². The molecule has 1 unspecified atom stereocenters. The van der Waals surface area contributed by atoms with Gasteiger partial charge in [0.15, 0.2) is 17.0 Å². The topological polar surface area (TPSA) is 80.3 Å². The first-order valence-corrected chi connectivity index (χ1v) is 13.6. The minimum absolute atomic E-state index is 0.0360. The second kappa shape index (κ2) is 9.99. The van der Waals surface area contributed by atoms with Gasteiger partial charge in [0.25, 0.3) is 0 Å². The molecule has 1 atom stereocenters. The fourth-order valence-corrected chi connectivity index (χ4v) is 6.31. The molecular formula is C27H36N6O2. The van der Waals surface area contributed by atoms with Gasteiger partial charge in [-0.2, -0.15) is 0 Å². The quantitative estimate of drug-likeness (QED) is 0.530. The summed E-state index contributed by atoms with van der Waals surface area (Å²) in [5.41, 5.74) is 1.85. The van der Waals surface area contributed by atoms with Crippen molar-refractivity contribution in [2.24, 2.45) is 5.92 Å². The van der Waals surface area contributed by atoms with Gasteiger partial charge in [0.05, 0.1) is 18.7 Å². The Hall–Kier alpha value is -2.90. The Balaban J connectivity index is 1.25. The normalized spacial score (nSPS) is 21.6. The lowest BCUT2D eigenvalue weighted by Gasteiger charge is -2.39. The molecule has 186 valence electrons. The first-order chi connectivity index (χ1) is 17.3. The molecule has 1 aliphatic carbocycles. The van der Waals surface area contributed by atoms with Gasteiger partial charge >= 0.3 is 0 Å². The zero-order valence-corrected chi connectivity index (χ0v) is 20.6. The largest absolute Gasteiger partial charge is 0.467 e. The van der Waals surface area contributed by atoms with Crippen LogP contribution in [0, 0.1) is 5.92 Å². The Morgan fingerprint density at radius 3 is 2.77 bits per heavy atom. The number of aryl methyl sites for hydroxylation is 2. The number of nitrogens with zero attached hydrogens (tertiary/aromatic N) is 6. The zero-order chi connectivity index (χ0) is 23.6. The van der Waals surface area contributed by atoms with Crippen molar-refractivity contribution in [3.8, 4) is 0 Å². The summed E-state index contributed by atoms with van der Waals surface area (Å²) < 4.78 is 7.93. The third-order valence-corrected chi connectivity index (χ3v) is 8.15. The predicted molar refractivity (Wildman–Crippen MR) is 134 cm³/mol. The molecule has 3 aliphatic rings. The lowest BCUT2D eigenvalue weighted by atomic mass is 9.91. The molecule has 8 heteroatoms. The average Bonchev–Trinajstić information content (AvgIpc) is 3.49. The lowest BCUT2D eigenvalue weighted by molar-refractivity contribution is -0.140. The third-order valence-electron chi connectivity index (χ3n) is 8.15. The minimum Gasteiger partial charge on any atom is -0.467 e.